The Balaban J connectivity index is 2.14. The van der Waals surface area contributed by atoms with Gasteiger partial charge < -0.3 is 5.32 Å². The summed E-state index contributed by atoms with van der Waals surface area (Å²) in [5.74, 6) is 0.657. The molecule has 1 aromatic carbocycles. The molecule has 0 spiro atoms. The summed E-state index contributed by atoms with van der Waals surface area (Å²) in [6.45, 7) is 2.16. The van der Waals surface area contributed by atoms with Crippen LogP contribution in [0.4, 0.5) is 11.4 Å². The van der Waals surface area contributed by atoms with Crippen molar-refractivity contribution < 1.29 is 4.92 Å². The molecule has 1 unspecified atom stereocenters. The van der Waals surface area contributed by atoms with E-state index < -0.39 is 4.92 Å². The second kappa shape index (κ2) is 7.07. The highest BCUT2D eigenvalue weighted by Crippen LogP contribution is 2.30. The van der Waals surface area contributed by atoms with Crippen LogP contribution in [0.2, 0.25) is 0 Å². The van der Waals surface area contributed by atoms with Gasteiger partial charge in [0.05, 0.1) is 4.92 Å². The number of hydrogen-bond acceptors (Lipinski definition) is 4. The molecule has 0 amide bonds. The van der Waals surface area contributed by atoms with Crippen LogP contribution in [0.5, 0.6) is 0 Å². The lowest BCUT2D eigenvalue weighted by Crippen LogP contribution is -2.30. The molecular formula is C16H21N3O2. The lowest BCUT2D eigenvalue weighted by Gasteiger charge is -2.31. The number of benzene rings is 1. The molecule has 1 N–H and O–H groups in total. The molecule has 1 fully saturated rings. The molecule has 1 atom stereocenters. The van der Waals surface area contributed by atoms with Crippen molar-refractivity contribution in [1.29, 1.82) is 5.26 Å². The smallest absolute Gasteiger partial charge is 0.287 e. The summed E-state index contributed by atoms with van der Waals surface area (Å²) in [4.78, 5) is 10.3. The SMILES string of the molecule is CCC(Nc1ccc([N+](=O)[O-])c(C#N)c1)C1CCCCC1. The summed E-state index contributed by atoms with van der Waals surface area (Å²) < 4.78 is 0. The molecule has 1 saturated carbocycles. The monoisotopic (exact) mass is 287 g/mol. The molecule has 0 saturated heterocycles. The number of nitro groups is 1. The van der Waals surface area contributed by atoms with E-state index in [0.717, 1.165) is 12.1 Å². The van der Waals surface area contributed by atoms with Crippen molar-refractivity contribution in [1.82, 2.24) is 0 Å². The van der Waals surface area contributed by atoms with Gasteiger partial charge in [-0.05, 0) is 37.3 Å². The fourth-order valence-electron chi connectivity index (χ4n) is 3.18. The number of rotatable bonds is 5. The average Bonchev–Trinajstić information content (AvgIpc) is 2.53. The molecule has 5 nitrogen and oxygen atoms in total. The van der Waals surface area contributed by atoms with E-state index in [1.807, 2.05) is 6.07 Å². The van der Waals surface area contributed by atoms with Crippen LogP contribution in [0.25, 0.3) is 0 Å². The fourth-order valence-corrected chi connectivity index (χ4v) is 3.18. The van der Waals surface area contributed by atoms with Crippen LogP contribution in [0.15, 0.2) is 18.2 Å². The third kappa shape index (κ3) is 3.72. The molecule has 0 bridgehead atoms. The Morgan fingerprint density at radius 1 is 1.43 bits per heavy atom. The zero-order chi connectivity index (χ0) is 15.2. The van der Waals surface area contributed by atoms with E-state index >= 15 is 0 Å². The quantitative estimate of drug-likeness (QED) is 0.649. The zero-order valence-electron chi connectivity index (χ0n) is 12.3. The van der Waals surface area contributed by atoms with E-state index in [-0.39, 0.29) is 11.3 Å². The normalized spacial score (nSPS) is 17.0. The molecule has 0 aromatic heterocycles. The van der Waals surface area contributed by atoms with Crippen molar-refractivity contribution in [3.05, 3.63) is 33.9 Å². The predicted molar refractivity (Wildman–Crippen MR) is 82.1 cm³/mol. The summed E-state index contributed by atoms with van der Waals surface area (Å²) in [6.07, 6.45) is 7.39. The molecule has 21 heavy (non-hydrogen) atoms. The van der Waals surface area contributed by atoms with Crippen molar-refractivity contribution in [2.75, 3.05) is 5.32 Å². The summed E-state index contributed by atoms with van der Waals surface area (Å²) in [5, 5.41) is 23.4. The van der Waals surface area contributed by atoms with E-state index in [4.69, 9.17) is 5.26 Å². The van der Waals surface area contributed by atoms with Crippen molar-refractivity contribution in [2.24, 2.45) is 5.92 Å². The van der Waals surface area contributed by atoms with Gasteiger partial charge in [-0.25, -0.2) is 0 Å². The van der Waals surface area contributed by atoms with Crippen LogP contribution in [-0.4, -0.2) is 11.0 Å². The van der Waals surface area contributed by atoms with Gasteiger partial charge in [0, 0.05) is 17.8 Å². The Labute approximate surface area is 125 Å². The molecule has 5 heteroatoms. The summed E-state index contributed by atoms with van der Waals surface area (Å²) in [6, 6.07) is 6.98. The largest absolute Gasteiger partial charge is 0.382 e. The van der Waals surface area contributed by atoms with Gasteiger partial charge in [-0.15, -0.1) is 0 Å². The molecular weight excluding hydrogens is 266 g/mol. The Morgan fingerprint density at radius 2 is 2.14 bits per heavy atom. The molecule has 112 valence electrons. The third-order valence-corrected chi connectivity index (χ3v) is 4.32. The first-order chi connectivity index (χ1) is 10.2. The van der Waals surface area contributed by atoms with Gasteiger partial charge in [-0.1, -0.05) is 26.2 Å². The first kappa shape index (κ1) is 15.3. The van der Waals surface area contributed by atoms with Crippen LogP contribution < -0.4 is 5.32 Å². The van der Waals surface area contributed by atoms with Crippen molar-refractivity contribution in [3.8, 4) is 6.07 Å². The van der Waals surface area contributed by atoms with Crippen LogP contribution >= 0.6 is 0 Å². The Bertz CT molecular complexity index is 545. The first-order valence-corrected chi connectivity index (χ1v) is 7.60. The summed E-state index contributed by atoms with van der Waals surface area (Å²) in [7, 11) is 0. The second-order valence-electron chi connectivity index (χ2n) is 5.66. The topological polar surface area (TPSA) is 79.0 Å². The van der Waals surface area contributed by atoms with Crippen LogP contribution in [0, 0.1) is 27.4 Å². The molecule has 1 aromatic rings. The van der Waals surface area contributed by atoms with E-state index in [1.165, 1.54) is 38.2 Å². The standard InChI is InChI=1S/C16H21N3O2/c1-2-15(12-6-4-3-5-7-12)18-14-8-9-16(19(20)21)13(10-14)11-17/h8-10,12,15,18H,2-7H2,1H3. The molecule has 0 heterocycles. The van der Waals surface area contributed by atoms with E-state index in [1.54, 1.807) is 12.1 Å². The molecule has 2 rings (SSSR count). The minimum atomic E-state index is -0.513. The van der Waals surface area contributed by atoms with Gasteiger partial charge in [0.15, 0.2) is 0 Å². The van der Waals surface area contributed by atoms with E-state index in [0.29, 0.717) is 12.0 Å². The molecule has 1 aliphatic rings. The maximum Gasteiger partial charge on any atom is 0.287 e. The molecule has 0 radical (unpaired) electrons. The van der Waals surface area contributed by atoms with E-state index in [9.17, 15) is 10.1 Å². The predicted octanol–water partition coefficient (Wildman–Crippen LogP) is 4.24. The number of hydrogen-bond donors (Lipinski definition) is 1. The molecule has 0 aliphatic heterocycles. The van der Waals surface area contributed by atoms with Gasteiger partial charge in [0.25, 0.3) is 5.69 Å². The number of nitrogens with zero attached hydrogens (tertiary/aromatic N) is 2. The summed E-state index contributed by atoms with van der Waals surface area (Å²) >= 11 is 0. The maximum absolute atomic E-state index is 10.9. The van der Waals surface area contributed by atoms with Gasteiger partial charge in [-0.3, -0.25) is 10.1 Å². The minimum Gasteiger partial charge on any atom is -0.382 e. The minimum absolute atomic E-state index is 0.114. The van der Waals surface area contributed by atoms with Crippen LogP contribution in [0.3, 0.4) is 0 Å². The van der Waals surface area contributed by atoms with E-state index in [2.05, 4.69) is 12.2 Å². The van der Waals surface area contributed by atoms with Gasteiger partial charge in [0.2, 0.25) is 0 Å². The number of nitro benzene ring substituents is 1. The van der Waals surface area contributed by atoms with Crippen molar-refractivity contribution in [2.45, 2.75) is 51.5 Å². The van der Waals surface area contributed by atoms with Gasteiger partial charge >= 0.3 is 0 Å². The number of anilines is 1. The Kier molecular flexibility index (Phi) is 5.15. The number of nitriles is 1. The second-order valence-corrected chi connectivity index (χ2v) is 5.66. The number of nitrogens with one attached hydrogen (secondary N) is 1. The molecule has 1 aliphatic carbocycles. The zero-order valence-corrected chi connectivity index (χ0v) is 12.3. The average molecular weight is 287 g/mol. The third-order valence-electron chi connectivity index (χ3n) is 4.32. The highest BCUT2D eigenvalue weighted by atomic mass is 16.6. The first-order valence-electron chi connectivity index (χ1n) is 7.60. The van der Waals surface area contributed by atoms with Crippen LogP contribution in [-0.2, 0) is 0 Å². The Hall–Kier alpha value is -2.09. The lowest BCUT2D eigenvalue weighted by molar-refractivity contribution is -0.385. The van der Waals surface area contributed by atoms with Crippen molar-refractivity contribution >= 4 is 11.4 Å². The fraction of sp³-hybridized carbons (Fsp3) is 0.562. The van der Waals surface area contributed by atoms with Crippen molar-refractivity contribution in [3.63, 3.8) is 0 Å². The van der Waals surface area contributed by atoms with Crippen LogP contribution in [0.1, 0.15) is 51.0 Å². The van der Waals surface area contributed by atoms with Gasteiger partial charge in [0.1, 0.15) is 11.6 Å². The highest BCUT2D eigenvalue weighted by Gasteiger charge is 2.23. The summed E-state index contributed by atoms with van der Waals surface area (Å²) in [5.41, 5.74) is 0.784. The Morgan fingerprint density at radius 3 is 2.71 bits per heavy atom. The maximum atomic E-state index is 10.9. The highest BCUT2D eigenvalue weighted by molar-refractivity contribution is 5.59. The van der Waals surface area contributed by atoms with Gasteiger partial charge in [-0.2, -0.15) is 5.26 Å². The lowest BCUT2D eigenvalue weighted by atomic mass is 9.83.